The number of amides is 1. The summed E-state index contributed by atoms with van der Waals surface area (Å²) in [6.07, 6.45) is 1.74. The summed E-state index contributed by atoms with van der Waals surface area (Å²) < 4.78 is 10.2. The quantitative estimate of drug-likeness (QED) is 0.805. The summed E-state index contributed by atoms with van der Waals surface area (Å²) in [5, 5.41) is 12.4. The third-order valence-electron chi connectivity index (χ3n) is 4.25. The van der Waals surface area contributed by atoms with Gasteiger partial charge in [0.1, 0.15) is 11.1 Å². The molecule has 8 heteroatoms. The normalized spacial score (nSPS) is 15.7. The van der Waals surface area contributed by atoms with Crippen LogP contribution in [-0.4, -0.2) is 24.0 Å². The Balaban J connectivity index is 1.68. The van der Waals surface area contributed by atoms with Gasteiger partial charge in [-0.2, -0.15) is 5.26 Å². The van der Waals surface area contributed by atoms with Crippen molar-refractivity contribution >= 4 is 34.4 Å². The fourth-order valence-electron chi connectivity index (χ4n) is 2.64. The summed E-state index contributed by atoms with van der Waals surface area (Å²) in [7, 11) is 0. The van der Waals surface area contributed by atoms with Crippen LogP contribution in [0.15, 0.2) is 33.5 Å². The lowest BCUT2D eigenvalue weighted by atomic mass is 9.98. The van der Waals surface area contributed by atoms with E-state index in [1.54, 1.807) is 6.92 Å². The van der Waals surface area contributed by atoms with Crippen molar-refractivity contribution < 1.29 is 18.7 Å². The Hall–Kier alpha value is -2.85. The Labute approximate surface area is 153 Å². The van der Waals surface area contributed by atoms with Gasteiger partial charge in [-0.15, -0.1) is 0 Å². The molecule has 0 spiro atoms. The SMILES string of the molecule is C[C@](C#N)(NC(=O)COC(=O)c1cc(=O)c2cc(Cl)ccc2o1)C1CC1. The van der Waals surface area contributed by atoms with E-state index in [0.717, 1.165) is 18.9 Å². The maximum absolute atomic E-state index is 12.1. The molecule has 1 aliphatic carbocycles. The van der Waals surface area contributed by atoms with Gasteiger partial charge in [0.2, 0.25) is 5.76 Å². The lowest BCUT2D eigenvalue weighted by Crippen LogP contribution is -2.48. The Morgan fingerprint density at radius 3 is 2.81 bits per heavy atom. The van der Waals surface area contributed by atoms with Crippen LogP contribution in [0.3, 0.4) is 0 Å². The number of esters is 1. The van der Waals surface area contributed by atoms with E-state index in [0.29, 0.717) is 5.02 Å². The zero-order valence-corrected chi connectivity index (χ0v) is 14.6. The van der Waals surface area contributed by atoms with Crippen molar-refractivity contribution in [1.29, 1.82) is 5.26 Å². The van der Waals surface area contributed by atoms with Gasteiger partial charge in [-0.1, -0.05) is 11.6 Å². The van der Waals surface area contributed by atoms with Crippen molar-refractivity contribution in [2.45, 2.75) is 25.3 Å². The molecule has 2 aromatic rings. The van der Waals surface area contributed by atoms with Crippen LogP contribution in [0, 0.1) is 17.2 Å². The van der Waals surface area contributed by atoms with Crippen LogP contribution in [0.25, 0.3) is 11.0 Å². The molecule has 1 aromatic heterocycles. The summed E-state index contributed by atoms with van der Waals surface area (Å²) >= 11 is 5.83. The average molecular weight is 375 g/mol. The third kappa shape index (κ3) is 3.70. The summed E-state index contributed by atoms with van der Waals surface area (Å²) in [5.41, 5.74) is -1.24. The van der Waals surface area contributed by atoms with Crippen molar-refractivity contribution in [2.24, 2.45) is 5.92 Å². The van der Waals surface area contributed by atoms with Crippen molar-refractivity contribution in [3.05, 3.63) is 45.3 Å². The summed E-state index contributed by atoms with van der Waals surface area (Å²) in [6, 6.07) is 7.50. The molecule has 1 amide bonds. The molecule has 1 saturated carbocycles. The van der Waals surface area contributed by atoms with Crippen LogP contribution in [0.2, 0.25) is 5.02 Å². The third-order valence-corrected chi connectivity index (χ3v) is 4.49. The first-order valence-electron chi connectivity index (χ1n) is 7.95. The maximum atomic E-state index is 12.1. The molecule has 26 heavy (non-hydrogen) atoms. The number of benzene rings is 1. The maximum Gasteiger partial charge on any atom is 0.374 e. The van der Waals surface area contributed by atoms with Crippen molar-refractivity contribution in [3.8, 4) is 6.07 Å². The van der Waals surface area contributed by atoms with Crippen molar-refractivity contribution in [3.63, 3.8) is 0 Å². The Morgan fingerprint density at radius 1 is 1.42 bits per heavy atom. The van der Waals surface area contributed by atoms with Crippen LogP contribution in [-0.2, 0) is 9.53 Å². The molecule has 1 atom stereocenters. The molecule has 1 N–H and O–H groups in total. The van der Waals surface area contributed by atoms with Crippen LogP contribution >= 0.6 is 11.6 Å². The number of fused-ring (bicyclic) bond motifs is 1. The van der Waals surface area contributed by atoms with Gasteiger partial charge in [0, 0.05) is 11.1 Å². The van der Waals surface area contributed by atoms with E-state index in [1.165, 1.54) is 18.2 Å². The zero-order chi connectivity index (χ0) is 18.9. The van der Waals surface area contributed by atoms with E-state index in [-0.39, 0.29) is 22.6 Å². The minimum atomic E-state index is -0.974. The second-order valence-electron chi connectivity index (χ2n) is 6.33. The zero-order valence-electron chi connectivity index (χ0n) is 13.9. The number of nitrogens with one attached hydrogen (secondary N) is 1. The van der Waals surface area contributed by atoms with E-state index in [4.69, 9.17) is 20.8 Å². The molecule has 0 aliphatic heterocycles. The van der Waals surface area contributed by atoms with E-state index >= 15 is 0 Å². The fourth-order valence-corrected chi connectivity index (χ4v) is 2.81. The molecule has 1 aliphatic rings. The van der Waals surface area contributed by atoms with Gasteiger partial charge in [0.25, 0.3) is 5.91 Å². The van der Waals surface area contributed by atoms with Crippen molar-refractivity contribution in [2.75, 3.05) is 6.61 Å². The number of rotatable bonds is 5. The van der Waals surface area contributed by atoms with Gasteiger partial charge in [0.15, 0.2) is 12.0 Å². The van der Waals surface area contributed by atoms with Gasteiger partial charge in [-0.05, 0) is 43.9 Å². The number of carbonyl (C=O) groups is 2. The molecule has 0 bridgehead atoms. The highest BCUT2D eigenvalue weighted by Crippen LogP contribution is 2.39. The second kappa shape index (κ2) is 6.81. The smallest absolute Gasteiger partial charge is 0.374 e. The molecule has 7 nitrogen and oxygen atoms in total. The Morgan fingerprint density at radius 2 is 2.15 bits per heavy atom. The van der Waals surface area contributed by atoms with Crippen LogP contribution in [0.1, 0.15) is 30.3 Å². The van der Waals surface area contributed by atoms with Gasteiger partial charge >= 0.3 is 5.97 Å². The monoisotopic (exact) mass is 374 g/mol. The number of halogens is 1. The number of hydrogen-bond donors (Lipinski definition) is 1. The lowest BCUT2D eigenvalue weighted by Gasteiger charge is -2.22. The molecule has 1 aromatic carbocycles. The number of carbonyl (C=O) groups excluding carboxylic acids is 2. The largest absolute Gasteiger partial charge is 0.450 e. The first-order valence-corrected chi connectivity index (χ1v) is 8.33. The number of hydrogen-bond acceptors (Lipinski definition) is 6. The molecular formula is C18H15ClN2O5. The first-order chi connectivity index (χ1) is 12.3. The highest BCUT2D eigenvalue weighted by atomic mass is 35.5. The average Bonchev–Trinajstić information content (AvgIpc) is 3.45. The molecule has 0 saturated heterocycles. The summed E-state index contributed by atoms with van der Waals surface area (Å²) in [6.45, 7) is 1.06. The lowest BCUT2D eigenvalue weighted by molar-refractivity contribution is -0.125. The minimum Gasteiger partial charge on any atom is -0.450 e. The molecule has 3 rings (SSSR count). The van der Waals surface area contributed by atoms with Crippen LogP contribution in [0.5, 0.6) is 0 Å². The van der Waals surface area contributed by atoms with Crippen LogP contribution in [0.4, 0.5) is 0 Å². The molecule has 134 valence electrons. The molecular weight excluding hydrogens is 360 g/mol. The Kier molecular flexibility index (Phi) is 4.70. The molecule has 0 radical (unpaired) electrons. The standard InChI is InChI=1S/C18H15ClN2O5/c1-18(9-20,10-2-3-10)21-16(23)8-25-17(24)15-7-13(22)12-6-11(19)4-5-14(12)26-15/h4-7,10H,2-3,8H2,1H3,(H,21,23)/t18-/m1/s1. The number of nitriles is 1. The number of nitrogens with zero attached hydrogens (tertiary/aromatic N) is 1. The summed E-state index contributed by atoms with van der Waals surface area (Å²) in [4.78, 5) is 36.1. The second-order valence-corrected chi connectivity index (χ2v) is 6.76. The van der Waals surface area contributed by atoms with Crippen molar-refractivity contribution in [1.82, 2.24) is 5.32 Å². The molecule has 1 heterocycles. The van der Waals surface area contributed by atoms with E-state index in [9.17, 15) is 19.6 Å². The predicted octanol–water partition coefficient (Wildman–Crippen LogP) is 2.41. The molecule has 0 unspecified atom stereocenters. The van der Waals surface area contributed by atoms with Gasteiger partial charge < -0.3 is 14.5 Å². The van der Waals surface area contributed by atoms with Gasteiger partial charge in [-0.3, -0.25) is 9.59 Å². The number of ether oxygens (including phenoxy) is 1. The predicted molar refractivity (Wildman–Crippen MR) is 92.7 cm³/mol. The van der Waals surface area contributed by atoms with Crippen LogP contribution < -0.4 is 10.7 Å². The minimum absolute atomic E-state index is 0.109. The summed E-state index contributed by atoms with van der Waals surface area (Å²) in [5.74, 6) is -1.75. The fraction of sp³-hybridized carbons (Fsp3) is 0.333. The van der Waals surface area contributed by atoms with E-state index in [1.807, 2.05) is 0 Å². The Bertz CT molecular complexity index is 989. The van der Waals surface area contributed by atoms with E-state index < -0.39 is 29.5 Å². The first kappa shape index (κ1) is 18.0. The topological polar surface area (TPSA) is 109 Å². The highest BCUT2D eigenvalue weighted by molar-refractivity contribution is 6.31. The van der Waals surface area contributed by atoms with Gasteiger partial charge in [0.05, 0.1) is 11.5 Å². The highest BCUT2D eigenvalue weighted by Gasteiger charge is 2.43. The molecule has 1 fully saturated rings. The van der Waals surface area contributed by atoms with Gasteiger partial charge in [-0.25, -0.2) is 4.79 Å². The van der Waals surface area contributed by atoms with E-state index in [2.05, 4.69) is 11.4 Å².